The Balaban J connectivity index is 2.48. The predicted octanol–water partition coefficient (Wildman–Crippen LogP) is 0.245. The van der Waals surface area contributed by atoms with Crippen LogP contribution in [0.5, 0.6) is 0 Å². The first-order valence-electron chi connectivity index (χ1n) is 3.42. The predicted molar refractivity (Wildman–Crippen MR) is 43.6 cm³/mol. The van der Waals surface area contributed by atoms with Crippen molar-refractivity contribution in [1.82, 2.24) is 19.7 Å². The molecule has 2 N–H and O–H groups in total. The summed E-state index contributed by atoms with van der Waals surface area (Å²) in [6, 6.07) is 1.78. The fourth-order valence-corrected chi connectivity index (χ4v) is 0.912. The third kappa shape index (κ3) is 1.12. The molecule has 12 heavy (non-hydrogen) atoms. The summed E-state index contributed by atoms with van der Waals surface area (Å²) in [6.45, 7) is 0. The highest BCUT2D eigenvalue weighted by molar-refractivity contribution is 5.43. The third-order valence-corrected chi connectivity index (χ3v) is 1.43. The number of aromatic nitrogens is 4. The Morgan fingerprint density at radius 2 is 2.17 bits per heavy atom. The van der Waals surface area contributed by atoms with Gasteiger partial charge in [-0.05, 0) is 6.07 Å². The number of nitrogens with two attached hydrogens (primary N) is 1. The van der Waals surface area contributed by atoms with Gasteiger partial charge in [0.2, 0.25) is 0 Å². The van der Waals surface area contributed by atoms with Gasteiger partial charge >= 0.3 is 0 Å². The number of nitrogens with zero attached hydrogens (tertiary/aromatic N) is 4. The van der Waals surface area contributed by atoms with Crippen molar-refractivity contribution in [1.29, 1.82) is 0 Å². The highest BCUT2D eigenvalue weighted by atomic mass is 15.3. The van der Waals surface area contributed by atoms with Crippen molar-refractivity contribution in [2.45, 2.75) is 0 Å². The Hall–Kier alpha value is -1.91. The molecule has 0 aliphatic carbocycles. The largest absolute Gasteiger partial charge is 0.397 e. The van der Waals surface area contributed by atoms with Crippen LogP contribution in [-0.4, -0.2) is 19.7 Å². The molecule has 0 saturated carbocycles. The van der Waals surface area contributed by atoms with E-state index in [1.807, 2.05) is 0 Å². The smallest absolute Gasteiger partial charge is 0.138 e. The molecule has 2 aromatic heterocycles. The Kier molecular flexibility index (Phi) is 1.48. The van der Waals surface area contributed by atoms with Crippen molar-refractivity contribution in [3.63, 3.8) is 0 Å². The minimum Gasteiger partial charge on any atom is -0.397 e. The molecule has 0 saturated heterocycles. The van der Waals surface area contributed by atoms with Crippen LogP contribution in [0.25, 0.3) is 5.69 Å². The maximum Gasteiger partial charge on any atom is 0.138 e. The first-order valence-corrected chi connectivity index (χ1v) is 3.42. The molecule has 0 bridgehead atoms. The molecule has 0 aliphatic heterocycles. The van der Waals surface area contributed by atoms with Crippen molar-refractivity contribution in [3.8, 4) is 5.69 Å². The summed E-state index contributed by atoms with van der Waals surface area (Å²) < 4.78 is 1.60. The number of nitrogen functional groups attached to an aromatic ring is 1. The Bertz CT molecular complexity index is 367. The quantitative estimate of drug-likeness (QED) is 0.650. The summed E-state index contributed by atoms with van der Waals surface area (Å²) in [5.41, 5.74) is 6.97. The van der Waals surface area contributed by atoms with Gasteiger partial charge in [0.1, 0.15) is 12.7 Å². The zero-order valence-electron chi connectivity index (χ0n) is 6.25. The van der Waals surface area contributed by atoms with Crippen LogP contribution in [0.2, 0.25) is 0 Å². The second-order valence-corrected chi connectivity index (χ2v) is 2.32. The van der Waals surface area contributed by atoms with Crippen LogP contribution in [0.3, 0.4) is 0 Å². The van der Waals surface area contributed by atoms with Crippen molar-refractivity contribution >= 4 is 5.69 Å². The molecule has 0 amide bonds. The number of hydrogen-bond acceptors (Lipinski definition) is 4. The minimum atomic E-state index is 0.614. The summed E-state index contributed by atoms with van der Waals surface area (Å²) in [7, 11) is 0. The van der Waals surface area contributed by atoms with E-state index in [1.54, 1.807) is 29.5 Å². The molecule has 60 valence electrons. The normalized spacial score (nSPS) is 10.0. The maximum absolute atomic E-state index is 5.54. The van der Waals surface area contributed by atoms with E-state index >= 15 is 0 Å². The minimum absolute atomic E-state index is 0.614. The van der Waals surface area contributed by atoms with E-state index in [0.29, 0.717) is 5.69 Å². The lowest BCUT2D eigenvalue weighted by atomic mass is 10.4. The molecule has 2 aromatic rings. The lowest BCUT2D eigenvalue weighted by molar-refractivity contribution is 0.873. The van der Waals surface area contributed by atoms with Crippen LogP contribution < -0.4 is 5.73 Å². The zero-order valence-corrected chi connectivity index (χ0v) is 6.25. The average molecular weight is 161 g/mol. The summed E-state index contributed by atoms with van der Waals surface area (Å²) in [5, 5.41) is 3.94. The molecule has 0 aliphatic rings. The molecule has 5 nitrogen and oxygen atoms in total. The zero-order chi connectivity index (χ0) is 8.39. The van der Waals surface area contributed by atoms with Crippen LogP contribution in [0, 0.1) is 0 Å². The fraction of sp³-hybridized carbons (Fsp3) is 0. The van der Waals surface area contributed by atoms with Crippen molar-refractivity contribution in [2.75, 3.05) is 5.73 Å². The van der Waals surface area contributed by atoms with E-state index in [0.717, 1.165) is 5.69 Å². The van der Waals surface area contributed by atoms with E-state index in [1.165, 1.54) is 6.33 Å². The van der Waals surface area contributed by atoms with Crippen molar-refractivity contribution in [2.24, 2.45) is 0 Å². The van der Waals surface area contributed by atoms with Crippen molar-refractivity contribution < 1.29 is 0 Å². The third-order valence-electron chi connectivity index (χ3n) is 1.43. The van der Waals surface area contributed by atoms with Gasteiger partial charge < -0.3 is 5.73 Å². The van der Waals surface area contributed by atoms with E-state index in [4.69, 9.17) is 5.73 Å². The highest BCUT2D eigenvalue weighted by Crippen LogP contribution is 2.06. The van der Waals surface area contributed by atoms with Crippen LogP contribution in [0.4, 0.5) is 5.69 Å². The van der Waals surface area contributed by atoms with Gasteiger partial charge in [-0.1, -0.05) is 0 Å². The number of anilines is 1. The van der Waals surface area contributed by atoms with E-state index in [-0.39, 0.29) is 0 Å². The molecule has 0 fully saturated rings. The van der Waals surface area contributed by atoms with Crippen LogP contribution in [0.1, 0.15) is 0 Å². The maximum atomic E-state index is 5.54. The topological polar surface area (TPSA) is 69.6 Å². The van der Waals surface area contributed by atoms with Gasteiger partial charge in [0.25, 0.3) is 0 Å². The van der Waals surface area contributed by atoms with Gasteiger partial charge in [-0.25, -0.2) is 9.67 Å². The second kappa shape index (κ2) is 2.61. The second-order valence-electron chi connectivity index (χ2n) is 2.32. The number of hydrogen-bond donors (Lipinski definition) is 1. The Labute approximate surface area is 68.9 Å². The summed E-state index contributed by atoms with van der Waals surface area (Å²) in [5.74, 6) is 0. The van der Waals surface area contributed by atoms with Gasteiger partial charge in [-0.15, -0.1) is 0 Å². The SMILES string of the molecule is Nc1cncc(-n2cncn2)c1. The van der Waals surface area contributed by atoms with Gasteiger partial charge in [0.15, 0.2) is 0 Å². The molecule has 0 radical (unpaired) electrons. The molecule has 0 atom stereocenters. The van der Waals surface area contributed by atoms with Gasteiger partial charge in [-0.3, -0.25) is 4.98 Å². The molecular weight excluding hydrogens is 154 g/mol. The summed E-state index contributed by atoms with van der Waals surface area (Å²) in [6.07, 6.45) is 6.31. The highest BCUT2D eigenvalue weighted by Gasteiger charge is 1.95. The Morgan fingerprint density at radius 3 is 2.83 bits per heavy atom. The first-order chi connectivity index (χ1) is 5.86. The number of rotatable bonds is 1. The van der Waals surface area contributed by atoms with E-state index in [2.05, 4.69) is 15.1 Å². The summed E-state index contributed by atoms with van der Waals surface area (Å²) in [4.78, 5) is 7.74. The van der Waals surface area contributed by atoms with Crippen LogP contribution in [0.15, 0.2) is 31.1 Å². The molecule has 0 unspecified atom stereocenters. The fourth-order valence-electron chi connectivity index (χ4n) is 0.912. The summed E-state index contributed by atoms with van der Waals surface area (Å²) >= 11 is 0. The average Bonchev–Trinajstić information content (AvgIpc) is 2.56. The van der Waals surface area contributed by atoms with Gasteiger partial charge in [-0.2, -0.15) is 5.10 Å². The monoisotopic (exact) mass is 161 g/mol. The molecule has 0 aromatic carbocycles. The molecular formula is C7H7N5. The van der Waals surface area contributed by atoms with Crippen LogP contribution in [-0.2, 0) is 0 Å². The van der Waals surface area contributed by atoms with E-state index in [9.17, 15) is 0 Å². The standard InChI is InChI=1S/C7H7N5/c8-6-1-7(3-9-2-6)12-5-10-4-11-12/h1-5H,8H2. The lowest BCUT2D eigenvalue weighted by Crippen LogP contribution is -1.96. The van der Waals surface area contributed by atoms with Crippen LogP contribution >= 0.6 is 0 Å². The van der Waals surface area contributed by atoms with Gasteiger partial charge in [0.05, 0.1) is 17.6 Å². The molecule has 0 spiro atoms. The molecule has 2 heterocycles. The molecule has 2 rings (SSSR count). The van der Waals surface area contributed by atoms with E-state index < -0.39 is 0 Å². The van der Waals surface area contributed by atoms with Gasteiger partial charge in [0, 0.05) is 6.20 Å². The number of pyridine rings is 1. The lowest BCUT2D eigenvalue weighted by Gasteiger charge is -1.98. The Morgan fingerprint density at radius 1 is 1.25 bits per heavy atom. The first kappa shape index (κ1) is 6.78. The molecule has 5 heteroatoms. The van der Waals surface area contributed by atoms with Crippen molar-refractivity contribution in [3.05, 3.63) is 31.1 Å².